The van der Waals surface area contributed by atoms with Gasteiger partial charge in [0.2, 0.25) is 0 Å². The monoisotopic (exact) mass is 514 g/mol. The quantitative estimate of drug-likeness (QED) is 0.442. The lowest BCUT2D eigenvalue weighted by molar-refractivity contribution is -0.275. The topological polar surface area (TPSA) is 77.4 Å². The van der Waals surface area contributed by atoms with E-state index >= 15 is 0 Å². The summed E-state index contributed by atoms with van der Waals surface area (Å²) >= 11 is 11.8. The van der Waals surface area contributed by atoms with Gasteiger partial charge in [0.1, 0.15) is 14.6 Å². The van der Waals surface area contributed by atoms with Crippen LogP contribution in [0.2, 0.25) is 10.0 Å². The van der Waals surface area contributed by atoms with Gasteiger partial charge in [-0.1, -0.05) is 46.0 Å². The number of halogens is 5. The molecule has 1 aliphatic rings. The van der Waals surface area contributed by atoms with Crippen molar-refractivity contribution in [3.8, 4) is 0 Å². The zero-order chi connectivity index (χ0) is 25.3. The van der Waals surface area contributed by atoms with Crippen molar-refractivity contribution < 1.29 is 37.1 Å². The van der Waals surface area contributed by atoms with Crippen LogP contribution in [0.15, 0.2) is 41.6 Å². The highest BCUT2D eigenvalue weighted by molar-refractivity contribution is 6.37. The van der Waals surface area contributed by atoms with Gasteiger partial charge in [-0.15, -0.1) is 0 Å². The molecule has 1 unspecified atom stereocenters. The molecular weight excluding hydrogens is 499 g/mol. The first-order valence-electron chi connectivity index (χ1n) is 9.50. The second kappa shape index (κ2) is 9.85. The number of alkyl halides is 3. The van der Waals surface area contributed by atoms with Crippen molar-refractivity contribution in [1.29, 1.82) is 0 Å². The zero-order valence-electron chi connectivity index (χ0n) is 17.8. The van der Waals surface area contributed by atoms with Crippen LogP contribution in [0, 0.1) is 0 Å². The van der Waals surface area contributed by atoms with E-state index in [4.69, 9.17) is 40.6 Å². The number of carbonyl (C=O) groups excluding carboxylic acids is 2. The molecule has 2 radical (unpaired) electrons. The zero-order valence-corrected chi connectivity index (χ0v) is 19.3. The highest BCUT2D eigenvalue weighted by Gasteiger charge is 2.62. The van der Waals surface area contributed by atoms with Crippen LogP contribution in [0.3, 0.4) is 0 Å². The number of ether oxygens (including phenoxy) is 2. The average molecular weight is 515 g/mol. The molecule has 0 saturated heterocycles. The number of hydrogen-bond acceptors (Lipinski definition) is 6. The predicted molar refractivity (Wildman–Crippen MR) is 119 cm³/mol. The first kappa shape index (κ1) is 25.9. The Hall–Kier alpha value is -2.76. The van der Waals surface area contributed by atoms with Gasteiger partial charge in [-0.25, -0.2) is 9.69 Å². The number of imide groups is 1. The minimum absolute atomic E-state index is 0.00139. The van der Waals surface area contributed by atoms with E-state index in [-0.39, 0.29) is 37.9 Å². The number of rotatable bonds is 5. The van der Waals surface area contributed by atoms with Crippen molar-refractivity contribution in [2.45, 2.75) is 18.2 Å². The van der Waals surface area contributed by atoms with Crippen LogP contribution in [0.25, 0.3) is 0 Å². The van der Waals surface area contributed by atoms with Crippen molar-refractivity contribution in [3.63, 3.8) is 0 Å². The standard InChI is InChI=1S/C21H16BCl2F3N2O5/c1-32-10-29(19(31)33-2)18(30)15-4-3-11(5-16(15)22)17-9-20(34-28-17,21(25,26)27)12-6-13(23)8-14(24)7-12/h3-8H,9-10H2,1-2H3. The predicted octanol–water partition coefficient (Wildman–Crippen LogP) is 4.18. The summed E-state index contributed by atoms with van der Waals surface area (Å²) in [5.74, 6) is -0.819. The molecule has 0 fully saturated rings. The third-order valence-corrected chi connectivity index (χ3v) is 5.46. The molecule has 178 valence electrons. The van der Waals surface area contributed by atoms with Crippen molar-refractivity contribution in [2.24, 2.45) is 5.16 Å². The number of amides is 2. The highest BCUT2D eigenvalue weighted by Crippen LogP contribution is 2.49. The fourth-order valence-corrected chi connectivity index (χ4v) is 3.89. The number of nitrogens with zero attached hydrogens (tertiary/aromatic N) is 2. The Morgan fingerprint density at radius 1 is 1.18 bits per heavy atom. The summed E-state index contributed by atoms with van der Waals surface area (Å²) in [6.45, 7) is -0.399. The Labute approximate surface area is 203 Å². The Kier molecular flexibility index (Phi) is 7.49. The molecule has 34 heavy (non-hydrogen) atoms. The average Bonchev–Trinajstić information content (AvgIpc) is 3.23. The van der Waals surface area contributed by atoms with Gasteiger partial charge in [0.05, 0.1) is 12.8 Å². The molecule has 1 heterocycles. The van der Waals surface area contributed by atoms with E-state index < -0.39 is 36.9 Å². The van der Waals surface area contributed by atoms with Gasteiger partial charge in [0, 0.05) is 34.7 Å². The molecule has 2 aromatic carbocycles. The maximum absolute atomic E-state index is 14.2. The van der Waals surface area contributed by atoms with Crippen LogP contribution in [-0.4, -0.2) is 57.6 Å². The molecular formula is C21H16BCl2F3N2O5. The van der Waals surface area contributed by atoms with Gasteiger partial charge < -0.3 is 14.3 Å². The lowest BCUT2D eigenvalue weighted by Crippen LogP contribution is -2.42. The molecule has 1 atom stereocenters. The molecule has 0 N–H and O–H groups in total. The van der Waals surface area contributed by atoms with E-state index in [9.17, 15) is 22.8 Å². The molecule has 0 aromatic heterocycles. The van der Waals surface area contributed by atoms with E-state index in [2.05, 4.69) is 9.89 Å². The summed E-state index contributed by atoms with van der Waals surface area (Å²) in [5, 5.41) is 3.65. The Morgan fingerprint density at radius 2 is 1.82 bits per heavy atom. The second-order valence-electron chi connectivity index (χ2n) is 7.21. The number of oxime groups is 1. The highest BCUT2D eigenvalue weighted by atomic mass is 35.5. The lowest BCUT2D eigenvalue weighted by atomic mass is 9.83. The molecule has 0 bridgehead atoms. The van der Waals surface area contributed by atoms with Crippen molar-refractivity contribution in [2.75, 3.05) is 21.0 Å². The molecule has 2 amide bonds. The number of hydrogen-bond donors (Lipinski definition) is 0. The third kappa shape index (κ3) is 4.87. The van der Waals surface area contributed by atoms with Crippen molar-refractivity contribution in [1.82, 2.24) is 4.90 Å². The molecule has 13 heteroatoms. The molecule has 0 spiro atoms. The van der Waals surface area contributed by atoms with Gasteiger partial charge in [-0.05, 0) is 29.8 Å². The number of methoxy groups -OCH3 is 2. The van der Waals surface area contributed by atoms with Crippen molar-refractivity contribution in [3.05, 3.63) is 63.1 Å². The minimum atomic E-state index is -4.87. The Balaban J connectivity index is 1.94. The minimum Gasteiger partial charge on any atom is -0.452 e. The van der Waals surface area contributed by atoms with Gasteiger partial charge in [-0.3, -0.25) is 4.79 Å². The van der Waals surface area contributed by atoms with Crippen LogP contribution in [0.1, 0.15) is 27.9 Å². The van der Waals surface area contributed by atoms with Crippen molar-refractivity contribution >= 4 is 54.2 Å². The van der Waals surface area contributed by atoms with Crippen LogP contribution < -0.4 is 5.46 Å². The number of benzene rings is 2. The van der Waals surface area contributed by atoms with Crippen LogP contribution in [0.4, 0.5) is 18.0 Å². The first-order chi connectivity index (χ1) is 15.9. The normalized spacial score (nSPS) is 17.7. The van der Waals surface area contributed by atoms with E-state index in [1.807, 2.05) is 0 Å². The fourth-order valence-electron chi connectivity index (χ4n) is 3.36. The van der Waals surface area contributed by atoms with E-state index in [0.29, 0.717) is 4.90 Å². The summed E-state index contributed by atoms with van der Waals surface area (Å²) < 4.78 is 51.9. The molecule has 7 nitrogen and oxygen atoms in total. The third-order valence-electron chi connectivity index (χ3n) is 5.03. The van der Waals surface area contributed by atoms with Crippen LogP contribution in [-0.2, 0) is 19.9 Å². The summed E-state index contributed by atoms with van der Waals surface area (Å²) in [6.07, 6.45) is -6.54. The van der Waals surface area contributed by atoms with E-state index in [1.54, 1.807) is 0 Å². The van der Waals surface area contributed by atoms with Gasteiger partial charge in [0.25, 0.3) is 11.5 Å². The van der Waals surface area contributed by atoms with E-state index in [0.717, 1.165) is 19.2 Å². The van der Waals surface area contributed by atoms with E-state index in [1.165, 1.54) is 31.4 Å². The molecule has 2 aromatic rings. The Bertz CT molecular complexity index is 1140. The van der Waals surface area contributed by atoms with Gasteiger partial charge in [0.15, 0.2) is 0 Å². The lowest BCUT2D eigenvalue weighted by Gasteiger charge is -2.29. The first-order valence-corrected chi connectivity index (χ1v) is 10.3. The summed E-state index contributed by atoms with van der Waals surface area (Å²) in [4.78, 5) is 30.2. The molecule has 3 rings (SSSR count). The second-order valence-corrected chi connectivity index (χ2v) is 8.08. The number of carbonyl (C=O) groups is 2. The summed E-state index contributed by atoms with van der Waals surface area (Å²) in [5.41, 5.74) is -3.21. The Morgan fingerprint density at radius 3 is 2.35 bits per heavy atom. The SMILES string of the molecule is [B]c1cc(C2=NOC(c3cc(Cl)cc(Cl)c3)(C(F)(F)F)C2)ccc1C(=O)N(COC)C(=O)OC. The van der Waals surface area contributed by atoms with Crippen LogP contribution in [0.5, 0.6) is 0 Å². The maximum atomic E-state index is 14.2. The summed E-state index contributed by atoms with van der Waals surface area (Å²) in [6, 6.07) is 7.36. The largest absolute Gasteiger partial charge is 0.452 e. The fraction of sp³-hybridized carbons (Fsp3) is 0.286. The van der Waals surface area contributed by atoms with Gasteiger partial charge >= 0.3 is 12.3 Å². The van der Waals surface area contributed by atoms with Gasteiger partial charge in [-0.2, -0.15) is 13.2 Å². The molecule has 0 aliphatic carbocycles. The molecule has 0 saturated carbocycles. The maximum Gasteiger partial charge on any atom is 0.435 e. The molecule has 1 aliphatic heterocycles. The smallest absolute Gasteiger partial charge is 0.435 e. The van der Waals surface area contributed by atoms with Crippen LogP contribution >= 0.6 is 23.2 Å². The summed E-state index contributed by atoms with van der Waals surface area (Å²) in [7, 11) is 8.33.